The van der Waals surface area contributed by atoms with Crippen LogP contribution in [0.15, 0.2) is 4.47 Å². The Bertz CT molecular complexity index is 479. The van der Waals surface area contributed by atoms with Crippen molar-refractivity contribution >= 4 is 25.8 Å². The van der Waals surface area contributed by atoms with E-state index in [4.69, 9.17) is 5.11 Å². The molecule has 0 aliphatic rings. The molecule has 0 radical (unpaired) electrons. The first kappa shape index (κ1) is 13.7. The highest BCUT2D eigenvalue weighted by Crippen LogP contribution is 2.22. The van der Waals surface area contributed by atoms with E-state index in [1.165, 1.54) is 6.92 Å². The Morgan fingerprint density at radius 1 is 1.56 bits per heavy atom. The topological polar surface area (TPSA) is 72.2 Å². The molecule has 0 amide bonds. The number of hydrogen-bond acceptors (Lipinski definition) is 4. The van der Waals surface area contributed by atoms with Gasteiger partial charge in [-0.2, -0.15) is 5.10 Å². The van der Waals surface area contributed by atoms with Crippen LogP contribution in [0.25, 0.3) is 0 Å². The van der Waals surface area contributed by atoms with Crippen molar-refractivity contribution in [3.05, 3.63) is 15.9 Å². The molecule has 7 heteroatoms. The third kappa shape index (κ3) is 3.29. The summed E-state index contributed by atoms with van der Waals surface area (Å²) >= 11 is 3.31. The maximum Gasteiger partial charge on any atom is 0.158 e. The molecular formula is C9H15BrN2O3S. The Morgan fingerprint density at radius 2 is 2.12 bits per heavy atom. The van der Waals surface area contributed by atoms with Gasteiger partial charge in [-0.25, -0.2) is 8.42 Å². The maximum atomic E-state index is 11.7. The second kappa shape index (κ2) is 4.85. The zero-order valence-corrected chi connectivity index (χ0v) is 11.8. The molecule has 1 aromatic heterocycles. The van der Waals surface area contributed by atoms with Crippen LogP contribution < -0.4 is 0 Å². The predicted octanol–water partition coefficient (Wildman–Crippen LogP) is 0.787. The predicted molar refractivity (Wildman–Crippen MR) is 64.8 cm³/mol. The molecule has 0 fully saturated rings. The lowest BCUT2D eigenvalue weighted by Gasteiger charge is -2.04. The molecular weight excluding hydrogens is 296 g/mol. The Balaban J connectivity index is 2.93. The van der Waals surface area contributed by atoms with Crippen molar-refractivity contribution in [2.24, 2.45) is 7.05 Å². The van der Waals surface area contributed by atoms with Crippen molar-refractivity contribution in [3.63, 3.8) is 0 Å². The first-order valence-corrected chi connectivity index (χ1v) is 7.41. The lowest BCUT2D eigenvalue weighted by atomic mass is 10.4. The summed E-state index contributed by atoms with van der Waals surface area (Å²) in [6, 6.07) is 0. The summed E-state index contributed by atoms with van der Waals surface area (Å²) in [4.78, 5) is 0. The molecule has 0 aliphatic carbocycles. The van der Waals surface area contributed by atoms with E-state index in [0.717, 1.165) is 5.69 Å². The molecule has 92 valence electrons. The summed E-state index contributed by atoms with van der Waals surface area (Å²) in [6.07, 6.45) is -0.853. The highest BCUT2D eigenvalue weighted by atomic mass is 79.9. The molecule has 1 aromatic rings. The molecule has 16 heavy (non-hydrogen) atoms. The van der Waals surface area contributed by atoms with Gasteiger partial charge in [0.2, 0.25) is 0 Å². The summed E-state index contributed by atoms with van der Waals surface area (Å²) in [5.74, 6) is -0.394. The zero-order valence-electron chi connectivity index (χ0n) is 9.44. The maximum absolute atomic E-state index is 11.7. The van der Waals surface area contributed by atoms with E-state index >= 15 is 0 Å². The molecule has 0 aromatic carbocycles. The molecule has 1 rings (SSSR count). The van der Waals surface area contributed by atoms with Gasteiger partial charge in [-0.05, 0) is 29.8 Å². The number of nitrogens with zero attached hydrogens (tertiary/aromatic N) is 2. The molecule has 1 atom stereocenters. The van der Waals surface area contributed by atoms with E-state index in [9.17, 15) is 8.42 Å². The summed E-state index contributed by atoms with van der Waals surface area (Å²) in [7, 11) is -1.56. The van der Waals surface area contributed by atoms with Crippen molar-refractivity contribution in [2.45, 2.75) is 25.7 Å². The van der Waals surface area contributed by atoms with Crippen LogP contribution in [0.2, 0.25) is 0 Å². The number of halogens is 1. The van der Waals surface area contributed by atoms with Crippen molar-refractivity contribution in [3.8, 4) is 0 Å². The number of sulfone groups is 1. The van der Waals surface area contributed by atoms with Gasteiger partial charge in [-0.1, -0.05) is 0 Å². The van der Waals surface area contributed by atoms with Crippen LogP contribution in [-0.4, -0.2) is 35.2 Å². The van der Waals surface area contributed by atoms with Gasteiger partial charge in [-0.3, -0.25) is 4.68 Å². The number of rotatable bonds is 4. The zero-order chi connectivity index (χ0) is 12.5. The first-order chi connectivity index (χ1) is 7.23. The summed E-state index contributed by atoms with van der Waals surface area (Å²) < 4.78 is 25.6. The summed E-state index contributed by atoms with van der Waals surface area (Å²) in [5.41, 5.74) is 1.36. The third-order valence-corrected chi connectivity index (χ3v) is 4.91. The molecule has 0 aliphatic heterocycles. The minimum Gasteiger partial charge on any atom is -0.392 e. The van der Waals surface area contributed by atoms with E-state index in [1.54, 1.807) is 11.7 Å². The molecule has 0 spiro atoms. The Hall–Kier alpha value is -0.400. The number of aromatic nitrogens is 2. The van der Waals surface area contributed by atoms with E-state index in [0.29, 0.717) is 10.2 Å². The smallest absolute Gasteiger partial charge is 0.158 e. The van der Waals surface area contributed by atoms with E-state index in [1.807, 2.05) is 6.92 Å². The quantitative estimate of drug-likeness (QED) is 0.892. The minimum atomic E-state index is -3.32. The van der Waals surface area contributed by atoms with Crippen LogP contribution in [0, 0.1) is 6.92 Å². The molecule has 0 saturated carbocycles. The van der Waals surface area contributed by atoms with Crippen molar-refractivity contribution in [2.75, 3.05) is 5.75 Å². The Kier molecular flexibility index (Phi) is 4.14. The van der Waals surface area contributed by atoms with Gasteiger partial charge in [0, 0.05) is 12.7 Å². The van der Waals surface area contributed by atoms with Gasteiger partial charge in [0.05, 0.1) is 27.8 Å². The Labute approximate surface area is 104 Å². The number of aliphatic hydroxyl groups excluding tert-OH is 1. The number of aliphatic hydroxyl groups is 1. The fraction of sp³-hybridized carbons (Fsp3) is 0.667. The van der Waals surface area contributed by atoms with Gasteiger partial charge < -0.3 is 5.11 Å². The SMILES string of the molecule is Cc1c(Br)c(CS(=O)(=O)C[C@@H](C)O)nn1C. The van der Waals surface area contributed by atoms with Crippen molar-refractivity contribution < 1.29 is 13.5 Å². The largest absolute Gasteiger partial charge is 0.392 e. The lowest BCUT2D eigenvalue weighted by Crippen LogP contribution is -2.19. The second-order valence-corrected chi connectivity index (χ2v) is 6.78. The van der Waals surface area contributed by atoms with E-state index < -0.39 is 15.9 Å². The standard InChI is InChI=1S/C9H15BrN2O3S/c1-6(13)4-16(14,15)5-8-9(10)7(2)12(3)11-8/h6,13H,4-5H2,1-3H3/t6-/m1/s1. The van der Waals surface area contributed by atoms with Gasteiger partial charge in [-0.15, -0.1) is 0 Å². The van der Waals surface area contributed by atoms with Crippen LogP contribution in [0.1, 0.15) is 18.3 Å². The molecule has 0 saturated heterocycles. The number of hydrogen-bond donors (Lipinski definition) is 1. The molecule has 5 nitrogen and oxygen atoms in total. The van der Waals surface area contributed by atoms with Gasteiger partial charge >= 0.3 is 0 Å². The minimum absolute atomic E-state index is 0.153. The van der Waals surface area contributed by atoms with Gasteiger partial charge in [0.25, 0.3) is 0 Å². The molecule has 1 heterocycles. The van der Waals surface area contributed by atoms with Crippen LogP contribution >= 0.6 is 15.9 Å². The average molecular weight is 311 g/mol. The molecule has 1 N–H and O–H groups in total. The highest BCUT2D eigenvalue weighted by Gasteiger charge is 2.20. The fourth-order valence-corrected chi connectivity index (χ4v) is 3.51. The highest BCUT2D eigenvalue weighted by molar-refractivity contribution is 9.10. The van der Waals surface area contributed by atoms with Gasteiger partial charge in [0.15, 0.2) is 9.84 Å². The van der Waals surface area contributed by atoms with Crippen LogP contribution in [0.4, 0.5) is 0 Å². The lowest BCUT2D eigenvalue weighted by molar-refractivity contribution is 0.218. The van der Waals surface area contributed by atoms with Crippen molar-refractivity contribution in [1.29, 1.82) is 0 Å². The normalized spacial score (nSPS) is 14.1. The monoisotopic (exact) mass is 310 g/mol. The third-order valence-electron chi connectivity index (χ3n) is 2.18. The Morgan fingerprint density at radius 3 is 2.50 bits per heavy atom. The van der Waals surface area contributed by atoms with Crippen LogP contribution in [-0.2, 0) is 22.6 Å². The summed E-state index contributed by atoms with van der Waals surface area (Å²) in [6.45, 7) is 3.30. The van der Waals surface area contributed by atoms with E-state index in [-0.39, 0.29) is 11.5 Å². The van der Waals surface area contributed by atoms with Crippen LogP contribution in [0.3, 0.4) is 0 Å². The second-order valence-electron chi connectivity index (χ2n) is 3.87. The fourth-order valence-electron chi connectivity index (χ4n) is 1.38. The average Bonchev–Trinajstić information content (AvgIpc) is 2.30. The molecule has 0 bridgehead atoms. The van der Waals surface area contributed by atoms with Gasteiger partial charge in [0.1, 0.15) is 0 Å². The first-order valence-electron chi connectivity index (χ1n) is 4.79. The molecule has 0 unspecified atom stereocenters. The summed E-state index contributed by atoms with van der Waals surface area (Å²) in [5, 5.41) is 13.2. The number of aryl methyl sites for hydroxylation is 1. The van der Waals surface area contributed by atoms with Crippen LogP contribution in [0.5, 0.6) is 0 Å². The van der Waals surface area contributed by atoms with E-state index in [2.05, 4.69) is 21.0 Å². The van der Waals surface area contributed by atoms with Crippen molar-refractivity contribution in [1.82, 2.24) is 9.78 Å².